The Morgan fingerprint density at radius 2 is 1.25 bits per heavy atom. The molecule has 0 aliphatic heterocycles. The summed E-state index contributed by atoms with van der Waals surface area (Å²) in [7, 11) is 0. The van der Waals surface area contributed by atoms with Crippen LogP contribution in [0.3, 0.4) is 0 Å². The fourth-order valence-corrected chi connectivity index (χ4v) is 1.23. The summed E-state index contributed by atoms with van der Waals surface area (Å²) in [6.45, 7) is 3.76. The molecule has 0 amide bonds. The zero-order valence-corrected chi connectivity index (χ0v) is 9.18. The van der Waals surface area contributed by atoms with Crippen molar-refractivity contribution in [2.24, 2.45) is 10.2 Å². The number of nitrogens with zero attached hydrogens (tertiary/aromatic N) is 2. The van der Waals surface area contributed by atoms with E-state index in [0.29, 0.717) is 11.5 Å². The molecule has 0 aromatic carbocycles. The van der Waals surface area contributed by atoms with Crippen molar-refractivity contribution < 1.29 is 8.83 Å². The quantitative estimate of drug-likeness (QED) is 0.585. The van der Waals surface area contributed by atoms with Crippen LogP contribution in [0.2, 0.25) is 0 Å². The molecule has 0 N–H and O–H groups in total. The molecule has 82 valence electrons. The van der Waals surface area contributed by atoms with Crippen LogP contribution in [0.25, 0.3) is 0 Å². The molecule has 0 aliphatic carbocycles. The fourth-order valence-electron chi connectivity index (χ4n) is 1.23. The van der Waals surface area contributed by atoms with E-state index >= 15 is 0 Å². The molecular formula is C12H12N2O2. The molecule has 0 radical (unpaired) electrons. The van der Waals surface area contributed by atoms with Gasteiger partial charge in [0.15, 0.2) is 0 Å². The first-order valence-corrected chi connectivity index (χ1v) is 4.93. The van der Waals surface area contributed by atoms with Crippen molar-refractivity contribution >= 4 is 12.4 Å². The van der Waals surface area contributed by atoms with Crippen LogP contribution in [0.1, 0.15) is 23.0 Å². The molecule has 0 saturated carbocycles. The molecule has 0 bridgehead atoms. The highest BCUT2D eigenvalue weighted by molar-refractivity contribution is 5.79. The Hall–Kier alpha value is -2.10. The lowest BCUT2D eigenvalue weighted by Gasteiger charge is -1.83. The normalized spacial score (nSPS) is 11.9. The van der Waals surface area contributed by atoms with E-state index in [2.05, 4.69) is 10.2 Å². The number of furan rings is 2. The number of aryl methyl sites for hydroxylation is 2. The molecule has 2 aromatic rings. The maximum Gasteiger partial charge on any atom is 0.147 e. The molecule has 4 heteroatoms. The summed E-state index contributed by atoms with van der Waals surface area (Å²) >= 11 is 0. The van der Waals surface area contributed by atoms with E-state index in [-0.39, 0.29) is 0 Å². The molecular weight excluding hydrogens is 204 g/mol. The van der Waals surface area contributed by atoms with Crippen LogP contribution < -0.4 is 0 Å². The average Bonchev–Trinajstić information content (AvgIpc) is 2.83. The van der Waals surface area contributed by atoms with E-state index in [1.54, 1.807) is 12.4 Å². The second-order valence-corrected chi connectivity index (χ2v) is 3.39. The van der Waals surface area contributed by atoms with Gasteiger partial charge in [-0.05, 0) is 38.1 Å². The van der Waals surface area contributed by atoms with Crippen LogP contribution in [-0.4, -0.2) is 12.4 Å². The highest BCUT2D eigenvalue weighted by Gasteiger charge is 1.93. The van der Waals surface area contributed by atoms with Crippen molar-refractivity contribution in [1.82, 2.24) is 0 Å². The van der Waals surface area contributed by atoms with E-state index in [1.165, 1.54) is 0 Å². The first-order valence-electron chi connectivity index (χ1n) is 4.93. The van der Waals surface area contributed by atoms with Gasteiger partial charge in [0.2, 0.25) is 0 Å². The molecule has 2 aromatic heterocycles. The Bertz CT molecular complexity index is 472. The van der Waals surface area contributed by atoms with Crippen LogP contribution in [0.5, 0.6) is 0 Å². The minimum absolute atomic E-state index is 0.685. The van der Waals surface area contributed by atoms with Crippen molar-refractivity contribution in [1.29, 1.82) is 0 Å². The van der Waals surface area contributed by atoms with Crippen LogP contribution >= 0.6 is 0 Å². The second kappa shape index (κ2) is 4.61. The maximum absolute atomic E-state index is 5.29. The average molecular weight is 216 g/mol. The van der Waals surface area contributed by atoms with Gasteiger partial charge in [0.1, 0.15) is 23.0 Å². The van der Waals surface area contributed by atoms with E-state index < -0.39 is 0 Å². The Morgan fingerprint density at radius 3 is 1.56 bits per heavy atom. The summed E-state index contributed by atoms with van der Waals surface area (Å²) in [5, 5.41) is 7.70. The second-order valence-electron chi connectivity index (χ2n) is 3.39. The van der Waals surface area contributed by atoms with E-state index in [9.17, 15) is 0 Å². The molecule has 0 saturated heterocycles. The van der Waals surface area contributed by atoms with Crippen LogP contribution in [0, 0.1) is 13.8 Å². The van der Waals surface area contributed by atoms with Crippen molar-refractivity contribution in [3.8, 4) is 0 Å². The summed E-state index contributed by atoms with van der Waals surface area (Å²) in [5.74, 6) is 3.08. The summed E-state index contributed by atoms with van der Waals surface area (Å²) in [5.41, 5.74) is 0. The predicted octanol–water partition coefficient (Wildman–Crippen LogP) is 2.94. The van der Waals surface area contributed by atoms with Crippen molar-refractivity contribution in [3.63, 3.8) is 0 Å². The highest BCUT2D eigenvalue weighted by atomic mass is 16.3. The minimum Gasteiger partial charge on any atom is -0.460 e. The first kappa shape index (κ1) is 10.4. The molecule has 16 heavy (non-hydrogen) atoms. The Morgan fingerprint density at radius 1 is 0.812 bits per heavy atom. The van der Waals surface area contributed by atoms with E-state index in [4.69, 9.17) is 8.83 Å². The van der Waals surface area contributed by atoms with E-state index in [1.807, 2.05) is 38.1 Å². The SMILES string of the molecule is Cc1ccc(C=NN=Cc2ccc(C)o2)o1. The van der Waals surface area contributed by atoms with Crippen molar-refractivity contribution in [3.05, 3.63) is 47.3 Å². The Kier molecular flexibility index (Phi) is 3.00. The summed E-state index contributed by atoms with van der Waals surface area (Å²) in [4.78, 5) is 0. The summed E-state index contributed by atoms with van der Waals surface area (Å²) < 4.78 is 10.6. The van der Waals surface area contributed by atoms with Crippen LogP contribution in [-0.2, 0) is 0 Å². The van der Waals surface area contributed by atoms with Gasteiger partial charge in [0, 0.05) is 0 Å². The standard InChI is InChI=1S/C12H12N2O2/c1-9-3-5-11(15-9)7-13-14-8-12-6-4-10(2)16-12/h3-8H,1-2H3. The fraction of sp³-hybridized carbons (Fsp3) is 0.167. The molecule has 0 atom stereocenters. The lowest BCUT2D eigenvalue weighted by molar-refractivity contribution is 0.526. The van der Waals surface area contributed by atoms with Gasteiger partial charge < -0.3 is 8.83 Å². The third-order valence-corrected chi connectivity index (χ3v) is 1.96. The summed E-state index contributed by atoms with van der Waals surface area (Å²) in [6, 6.07) is 7.43. The third kappa shape index (κ3) is 2.70. The molecule has 0 aliphatic rings. The van der Waals surface area contributed by atoms with Gasteiger partial charge in [-0.2, -0.15) is 10.2 Å². The molecule has 0 spiro atoms. The number of rotatable bonds is 3. The van der Waals surface area contributed by atoms with Crippen LogP contribution in [0.15, 0.2) is 43.3 Å². The van der Waals surface area contributed by atoms with Gasteiger partial charge in [0.25, 0.3) is 0 Å². The van der Waals surface area contributed by atoms with Gasteiger partial charge in [-0.15, -0.1) is 0 Å². The molecule has 2 heterocycles. The Labute approximate surface area is 93.3 Å². The molecule has 4 nitrogen and oxygen atoms in total. The third-order valence-electron chi connectivity index (χ3n) is 1.96. The largest absolute Gasteiger partial charge is 0.460 e. The van der Waals surface area contributed by atoms with Gasteiger partial charge in [0.05, 0.1) is 12.4 Å². The topological polar surface area (TPSA) is 51.0 Å². The van der Waals surface area contributed by atoms with Crippen molar-refractivity contribution in [2.45, 2.75) is 13.8 Å². The lowest BCUT2D eigenvalue weighted by atomic mass is 10.4. The first-order chi connectivity index (χ1) is 7.74. The highest BCUT2D eigenvalue weighted by Crippen LogP contribution is 2.04. The number of hydrogen-bond donors (Lipinski definition) is 0. The van der Waals surface area contributed by atoms with Gasteiger partial charge in [-0.3, -0.25) is 0 Å². The zero-order valence-electron chi connectivity index (χ0n) is 9.18. The van der Waals surface area contributed by atoms with E-state index in [0.717, 1.165) is 11.5 Å². The molecule has 0 unspecified atom stereocenters. The van der Waals surface area contributed by atoms with Gasteiger partial charge in [-0.25, -0.2) is 0 Å². The lowest BCUT2D eigenvalue weighted by Crippen LogP contribution is -1.75. The molecule has 2 rings (SSSR count). The number of hydrogen-bond acceptors (Lipinski definition) is 4. The van der Waals surface area contributed by atoms with Crippen molar-refractivity contribution in [2.75, 3.05) is 0 Å². The van der Waals surface area contributed by atoms with Gasteiger partial charge >= 0.3 is 0 Å². The maximum atomic E-state index is 5.29. The molecule has 0 fully saturated rings. The summed E-state index contributed by atoms with van der Waals surface area (Å²) in [6.07, 6.45) is 3.11. The predicted molar refractivity (Wildman–Crippen MR) is 62.1 cm³/mol. The Balaban J connectivity index is 1.96. The monoisotopic (exact) mass is 216 g/mol. The van der Waals surface area contributed by atoms with Gasteiger partial charge in [-0.1, -0.05) is 0 Å². The smallest absolute Gasteiger partial charge is 0.147 e. The van der Waals surface area contributed by atoms with Crippen LogP contribution in [0.4, 0.5) is 0 Å². The minimum atomic E-state index is 0.685. The zero-order chi connectivity index (χ0) is 11.4.